The van der Waals surface area contributed by atoms with Gasteiger partial charge >= 0.3 is 0 Å². The van der Waals surface area contributed by atoms with E-state index in [0.29, 0.717) is 6.04 Å². The summed E-state index contributed by atoms with van der Waals surface area (Å²) >= 11 is 0. The first-order valence-corrected chi connectivity index (χ1v) is 7.45. The van der Waals surface area contributed by atoms with Crippen molar-refractivity contribution in [3.05, 3.63) is 59.7 Å². The fourth-order valence-electron chi connectivity index (χ4n) is 2.51. The van der Waals surface area contributed by atoms with Gasteiger partial charge in [-0.1, -0.05) is 50.2 Å². The largest absolute Gasteiger partial charge is 0.456 e. The lowest BCUT2D eigenvalue weighted by molar-refractivity contribution is 0.588. The molecule has 0 spiro atoms. The molecule has 0 amide bonds. The first kappa shape index (κ1) is 13.9. The zero-order chi connectivity index (χ0) is 14.8. The second-order valence-electron chi connectivity index (χ2n) is 5.84. The molecule has 2 nitrogen and oxygen atoms in total. The molecule has 1 N–H and O–H groups in total. The number of hydrogen-bond donors (Lipinski definition) is 1. The van der Waals surface area contributed by atoms with Crippen LogP contribution in [0.1, 0.15) is 25.0 Å². The van der Waals surface area contributed by atoms with Gasteiger partial charge in [-0.25, -0.2) is 0 Å². The Kier molecular flexibility index (Phi) is 3.80. The highest BCUT2D eigenvalue weighted by Gasteiger charge is 2.08. The van der Waals surface area contributed by atoms with Crippen molar-refractivity contribution in [1.82, 2.24) is 5.32 Å². The molecule has 1 aromatic heterocycles. The molecule has 2 aromatic carbocycles. The van der Waals surface area contributed by atoms with E-state index in [4.69, 9.17) is 4.42 Å². The zero-order valence-corrected chi connectivity index (χ0v) is 12.8. The van der Waals surface area contributed by atoms with Crippen molar-refractivity contribution < 1.29 is 4.42 Å². The predicted octanol–water partition coefficient (Wildman–Crippen LogP) is 4.91. The maximum absolute atomic E-state index is 6.05. The van der Waals surface area contributed by atoms with Gasteiger partial charge in [0.25, 0.3) is 0 Å². The topological polar surface area (TPSA) is 25.2 Å². The monoisotopic (exact) mass is 279 g/mol. The second kappa shape index (κ2) is 5.74. The summed E-state index contributed by atoms with van der Waals surface area (Å²) in [7, 11) is 0. The fraction of sp³-hybridized carbons (Fsp3) is 0.263. The van der Waals surface area contributed by atoms with E-state index in [1.54, 1.807) is 0 Å². The SMILES string of the molecule is Cc1cccc2cc(-c3cccc(CNC(C)C)c3)oc12. The van der Waals surface area contributed by atoms with Gasteiger partial charge in [0.2, 0.25) is 0 Å². The average Bonchev–Trinajstić information content (AvgIpc) is 2.91. The first-order chi connectivity index (χ1) is 10.1. The van der Waals surface area contributed by atoms with Crippen LogP contribution in [0.3, 0.4) is 0 Å². The third-order valence-corrected chi connectivity index (χ3v) is 3.67. The minimum atomic E-state index is 0.488. The van der Waals surface area contributed by atoms with Crippen LogP contribution in [-0.2, 0) is 6.54 Å². The number of benzene rings is 2. The van der Waals surface area contributed by atoms with Gasteiger partial charge in [-0.3, -0.25) is 0 Å². The summed E-state index contributed by atoms with van der Waals surface area (Å²) in [5, 5.41) is 4.61. The molecule has 3 aromatic rings. The zero-order valence-electron chi connectivity index (χ0n) is 12.8. The van der Waals surface area contributed by atoms with E-state index >= 15 is 0 Å². The molecule has 0 saturated carbocycles. The Labute approximate surface area is 125 Å². The van der Waals surface area contributed by atoms with Crippen LogP contribution in [0.2, 0.25) is 0 Å². The third-order valence-electron chi connectivity index (χ3n) is 3.67. The number of rotatable bonds is 4. The number of furan rings is 1. The molecule has 0 aliphatic heterocycles. The number of nitrogens with one attached hydrogen (secondary N) is 1. The molecule has 2 heteroatoms. The average molecular weight is 279 g/mol. The first-order valence-electron chi connectivity index (χ1n) is 7.45. The van der Waals surface area contributed by atoms with Crippen molar-refractivity contribution in [2.45, 2.75) is 33.4 Å². The molecule has 0 aliphatic carbocycles. The molecule has 21 heavy (non-hydrogen) atoms. The standard InChI is InChI=1S/C19H21NO/c1-13(2)20-12-15-7-5-8-16(10-15)18-11-17-9-4-6-14(3)19(17)21-18/h4-11,13,20H,12H2,1-3H3. The number of para-hydroxylation sites is 1. The predicted molar refractivity (Wildman–Crippen MR) is 88.4 cm³/mol. The summed E-state index contributed by atoms with van der Waals surface area (Å²) in [6, 6.07) is 17.4. The molecule has 0 fully saturated rings. The van der Waals surface area contributed by atoms with Crippen LogP contribution in [0.5, 0.6) is 0 Å². The maximum atomic E-state index is 6.05. The molecule has 3 rings (SSSR count). The van der Waals surface area contributed by atoms with E-state index in [1.807, 2.05) is 0 Å². The van der Waals surface area contributed by atoms with Crippen LogP contribution in [0.15, 0.2) is 52.9 Å². The summed E-state index contributed by atoms with van der Waals surface area (Å²) in [5.41, 5.74) is 4.57. The van der Waals surface area contributed by atoms with Crippen LogP contribution in [0.25, 0.3) is 22.3 Å². The van der Waals surface area contributed by atoms with E-state index in [9.17, 15) is 0 Å². The highest BCUT2D eigenvalue weighted by molar-refractivity contribution is 5.85. The van der Waals surface area contributed by atoms with Crippen LogP contribution in [0.4, 0.5) is 0 Å². The highest BCUT2D eigenvalue weighted by atomic mass is 16.3. The summed E-state index contributed by atoms with van der Waals surface area (Å²) in [4.78, 5) is 0. The molecular formula is C19H21NO. The Bertz CT molecular complexity index is 755. The van der Waals surface area contributed by atoms with Gasteiger partial charge < -0.3 is 9.73 Å². The molecule has 108 valence electrons. The molecule has 0 unspecified atom stereocenters. The van der Waals surface area contributed by atoms with Gasteiger partial charge in [-0.15, -0.1) is 0 Å². The van der Waals surface area contributed by atoms with Crippen molar-refractivity contribution in [2.24, 2.45) is 0 Å². The van der Waals surface area contributed by atoms with E-state index in [1.165, 1.54) is 11.1 Å². The third kappa shape index (κ3) is 3.01. The molecule has 1 heterocycles. The molecule has 0 saturated heterocycles. The molecular weight excluding hydrogens is 258 g/mol. The maximum Gasteiger partial charge on any atom is 0.137 e. The minimum Gasteiger partial charge on any atom is -0.456 e. The van der Waals surface area contributed by atoms with E-state index in [2.05, 4.69) is 74.6 Å². The molecule has 0 bridgehead atoms. The number of hydrogen-bond acceptors (Lipinski definition) is 2. The Balaban J connectivity index is 1.94. The normalized spacial score (nSPS) is 11.4. The Morgan fingerprint density at radius 2 is 1.86 bits per heavy atom. The lowest BCUT2D eigenvalue weighted by Gasteiger charge is -2.08. The molecule has 0 aliphatic rings. The van der Waals surface area contributed by atoms with Crippen molar-refractivity contribution in [3.8, 4) is 11.3 Å². The number of fused-ring (bicyclic) bond motifs is 1. The summed E-state index contributed by atoms with van der Waals surface area (Å²) in [5.74, 6) is 0.936. The molecule has 0 radical (unpaired) electrons. The lowest BCUT2D eigenvalue weighted by Crippen LogP contribution is -2.21. The summed E-state index contributed by atoms with van der Waals surface area (Å²) in [6.07, 6.45) is 0. The van der Waals surface area contributed by atoms with Gasteiger partial charge in [-0.05, 0) is 30.2 Å². The van der Waals surface area contributed by atoms with E-state index < -0.39 is 0 Å². The van der Waals surface area contributed by atoms with Crippen LogP contribution in [0, 0.1) is 6.92 Å². The van der Waals surface area contributed by atoms with Crippen LogP contribution < -0.4 is 5.32 Å². The Morgan fingerprint density at radius 1 is 1.05 bits per heavy atom. The van der Waals surface area contributed by atoms with E-state index in [-0.39, 0.29) is 0 Å². The summed E-state index contributed by atoms with van der Waals surface area (Å²) < 4.78 is 6.05. The molecule has 0 atom stereocenters. The minimum absolute atomic E-state index is 0.488. The van der Waals surface area contributed by atoms with E-state index in [0.717, 1.165) is 28.8 Å². The Hall–Kier alpha value is -2.06. The van der Waals surface area contributed by atoms with Gasteiger partial charge in [0.15, 0.2) is 0 Å². The van der Waals surface area contributed by atoms with Crippen LogP contribution >= 0.6 is 0 Å². The van der Waals surface area contributed by atoms with Gasteiger partial charge in [0.1, 0.15) is 11.3 Å². The number of aryl methyl sites for hydroxylation is 1. The van der Waals surface area contributed by atoms with Gasteiger partial charge in [0.05, 0.1) is 0 Å². The van der Waals surface area contributed by atoms with Gasteiger partial charge in [0, 0.05) is 23.5 Å². The fourth-order valence-corrected chi connectivity index (χ4v) is 2.51. The van der Waals surface area contributed by atoms with Gasteiger partial charge in [-0.2, -0.15) is 0 Å². The second-order valence-corrected chi connectivity index (χ2v) is 5.84. The smallest absolute Gasteiger partial charge is 0.137 e. The lowest BCUT2D eigenvalue weighted by atomic mass is 10.1. The highest BCUT2D eigenvalue weighted by Crippen LogP contribution is 2.30. The Morgan fingerprint density at radius 3 is 2.62 bits per heavy atom. The van der Waals surface area contributed by atoms with Crippen molar-refractivity contribution in [3.63, 3.8) is 0 Å². The van der Waals surface area contributed by atoms with Crippen molar-refractivity contribution in [1.29, 1.82) is 0 Å². The van der Waals surface area contributed by atoms with Crippen LogP contribution in [-0.4, -0.2) is 6.04 Å². The summed E-state index contributed by atoms with van der Waals surface area (Å²) in [6.45, 7) is 7.28. The quantitative estimate of drug-likeness (QED) is 0.734. The van der Waals surface area contributed by atoms with Crippen molar-refractivity contribution >= 4 is 11.0 Å². The van der Waals surface area contributed by atoms with Crippen molar-refractivity contribution in [2.75, 3.05) is 0 Å².